The Bertz CT molecular complexity index is 447. The molecule has 6 heteroatoms. The number of hydrogen-bond donors (Lipinski definition) is 1. The highest BCUT2D eigenvalue weighted by molar-refractivity contribution is 6.31. The van der Waals surface area contributed by atoms with Gasteiger partial charge >= 0.3 is 0 Å². The summed E-state index contributed by atoms with van der Waals surface area (Å²) in [6.45, 7) is 9.41. The summed E-state index contributed by atoms with van der Waals surface area (Å²) in [5, 5.41) is 8.75. The van der Waals surface area contributed by atoms with E-state index in [1.807, 2.05) is 4.68 Å². The van der Waals surface area contributed by atoms with Crippen molar-refractivity contribution >= 4 is 11.6 Å². The second-order valence-electron chi connectivity index (χ2n) is 5.94. The summed E-state index contributed by atoms with van der Waals surface area (Å²) >= 11 is 6.39. The third-order valence-corrected chi connectivity index (χ3v) is 4.69. The minimum atomic E-state index is 0.254. The predicted molar refractivity (Wildman–Crippen MR) is 87.9 cm³/mol. The molecule has 2 heterocycles. The first-order valence-corrected chi connectivity index (χ1v) is 8.27. The maximum absolute atomic E-state index is 6.39. The van der Waals surface area contributed by atoms with Crippen molar-refractivity contribution in [2.45, 2.75) is 38.9 Å². The smallest absolute Gasteiger partial charge is 0.0834 e. The Morgan fingerprint density at radius 1 is 1.38 bits per heavy atom. The van der Waals surface area contributed by atoms with E-state index in [1.54, 1.807) is 6.20 Å². The largest absolute Gasteiger partial charge is 0.309 e. The lowest BCUT2D eigenvalue weighted by atomic mass is 10.0. The highest BCUT2D eigenvalue weighted by Crippen LogP contribution is 2.28. The highest BCUT2D eigenvalue weighted by Gasteiger charge is 2.28. The summed E-state index contributed by atoms with van der Waals surface area (Å²) in [5.41, 5.74) is 1.13. The van der Waals surface area contributed by atoms with E-state index < -0.39 is 0 Å². The molecule has 1 aliphatic rings. The Kier molecular flexibility index (Phi) is 6.05. The first-order valence-electron chi connectivity index (χ1n) is 7.90. The third-order valence-electron chi connectivity index (χ3n) is 4.40. The molecule has 1 saturated heterocycles. The molecule has 2 atom stereocenters. The minimum absolute atomic E-state index is 0.254. The van der Waals surface area contributed by atoms with Crippen LogP contribution in [0.1, 0.15) is 32.0 Å². The number of likely N-dealkylation sites (N-methyl/N-ethyl adjacent to an activating group) is 2. The molecular formula is C15H28ClN5. The van der Waals surface area contributed by atoms with Crippen LogP contribution < -0.4 is 5.32 Å². The van der Waals surface area contributed by atoms with Crippen molar-refractivity contribution < 1.29 is 0 Å². The van der Waals surface area contributed by atoms with E-state index >= 15 is 0 Å². The molecule has 1 aliphatic heterocycles. The van der Waals surface area contributed by atoms with Gasteiger partial charge in [-0.1, -0.05) is 18.5 Å². The third kappa shape index (κ3) is 3.97. The van der Waals surface area contributed by atoms with Gasteiger partial charge in [0.1, 0.15) is 0 Å². The van der Waals surface area contributed by atoms with E-state index in [4.69, 9.17) is 11.6 Å². The lowest BCUT2D eigenvalue weighted by molar-refractivity contribution is 0.100. The van der Waals surface area contributed by atoms with Crippen LogP contribution in [-0.4, -0.2) is 65.9 Å². The predicted octanol–water partition coefficient (Wildman–Crippen LogP) is 1.84. The summed E-state index contributed by atoms with van der Waals surface area (Å²) in [7, 11) is 4.42. The Morgan fingerprint density at radius 2 is 2.14 bits per heavy atom. The Hall–Kier alpha value is -0.620. The number of hydrogen-bond acceptors (Lipinski definition) is 4. The van der Waals surface area contributed by atoms with Crippen LogP contribution in [-0.2, 0) is 6.54 Å². The van der Waals surface area contributed by atoms with E-state index in [-0.39, 0.29) is 6.04 Å². The molecule has 5 nitrogen and oxygen atoms in total. The van der Waals surface area contributed by atoms with Crippen LogP contribution in [0.25, 0.3) is 0 Å². The number of halogens is 1. The van der Waals surface area contributed by atoms with Gasteiger partial charge in [0.05, 0.1) is 23.0 Å². The fourth-order valence-corrected chi connectivity index (χ4v) is 3.41. The molecule has 0 radical (unpaired) electrons. The van der Waals surface area contributed by atoms with Gasteiger partial charge < -0.3 is 15.1 Å². The quantitative estimate of drug-likeness (QED) is 0.869. The first-order chi connectivity index (χ1) is 10.1. The van der Waals surface area contributed by atoms with E-state index in [9.17, 15) is 0 Å². The molecule has 2 rings (SSSR count). The monoisotopic (exact) mass is 313 g/mol. The molecule has 2 unspecified atom stereocenters. The zero-order valence-electron chi connectivity index (χ0n) is 13.6. The van der Waals surface area contributed by atoms with E-state index in [0.717, 1.165) is 49.9 Å². The molecule has 1 aromatic heterocycles. The summed E-state index contributed by atoms with van der Waals surface area (Å²) < 4.78 is 2.02. The van der Waals surface area contributed by atoms with Gasteiger partial charge in [0.25, 0.3) is 0 Å². The second kappa shape index (κ2) is 7.58. The van der Waals surface area contributed by atoms with Crippen molar-refractivity contribution in [3.63, 3.8) is 0 Å². The molecule has 0 bridgehead atoms. The van der Waals surface area contributed by atoms with Gasteiger partial charge in [0.2, 0.25) is 0 Å². The van der Waals surface area contributed by atoms with E-state index in [1.165, 1.54) is 0 Å². The van der Waals surface area contributed by atoms with Crippen molar-refractivity contribution in [1.29, 1.82) is 0 Å². The Morgan fingerprint density at radius 3 is 2.81 bits per heavy atom. The molecule has 0 amide bonds. The fraction of sp³-hybridized carbons (Fsp3) is 0.800. The average Bonchev–Trinajstić information content (AvgIpc) is 2.83. The summed E-state index contributed by atoms with van der Waals surface area (Å²) in [5.74, 6) is 0. The van der Waals surface area contributed by atoms with Crippen molar-refractivity contribution in [2.75, 3.05) is 40.3 Å². The minimum Gasteiger partial charge on any atom is -0.309 e. The van der Waals surface area contributed by atoms with Crippen molar-refractivity contribution in [1.82, 2.24) is 24.9 Å². The average molecular weight is 314 g/mol. The van der Waals surface area contributed by atoms with Crippen molar-refractivity contribution in [2.24, 2.45) is 0 Å². The lowest BCUT2D eigenvalue weighted by Crippen LogP contribution is -2.51. The molecule has 0 aromatic carbocycles. The Balaban J connectivity index is 2.16. The SMILES string of the molecule is CCNC(CC1CN(C)CCN1C)c1c(Cl)cnn1CC. The molecule has 120 valence electrons. The van der Waals surface area contributed by atoms with Crippen LogP contribution in [0, 0.1) is 0 Å². The number of rotatable bonds is 6. The molecule has 1 N–H and O–H groups in total. The van der Waals surface area contributed by atoms with Crippen LogP contribution in [0.4, 0.5) is 0 Å². The van der Waals surface area contributed by atoms with Crippen LogP contribution >= 0.6 is 11.6 Å². The van der Waals surface area contributed by atoms with Gasteiger partial charge in [-0.05, 0) is 34.0 Å². The molecule has 21 heavy (non-hydrogen) atoms. The van der Waals surface area contributed by atoms with Gasteiger partial charge in [-0.2, -0.15) is 5.10 Å². The molecule has 1 aromatic rings. The molecule has 0 aliphatic carbocycles. The van der Waals surface area contributed by atoms with E-state index in [0.29, 0.717) is 6.04 Å². The van der Waals surface area contributed by atoms with Gasteiger partial charge in [-0.3, -0.25) is 4.68 Å². The number of nitrogens with zero attached hydrogens (tertiary/aromatic N) is 4. The van der Waals surface area contributed by atoms with Gasteiger partial charge in [-0.15, -0.1) is 0 Å². The van der Waals surface area contributed by atoms with Gasteiger partial charge in [0.15, 0.2) is 0 Å². The number of aromatic nitrogens is 2. The molecule has 0 spiro atoms. The standard InChI is InChI=1S/C15H28ClN5/c1-5-17-14(15-13(16)10-18-21(15)6-2)9-12-11-19(3)7-8-20(12)4/h10,12,14,17H,5-9,11H2,1-4H3. The summed E-state index contributed by atoms with van der Waals surface area (Å²) in [6.07, 6.45) is 2.82. The first kappa shape index (κ1) is 16.7. The van der Waals surface area contributed by atoms with Crippen LogP contribution in [0.5, 0.6) is 0 Å². The summed E-state index contributed by atoms with van der Waals surface area (Å²) in [6, 6.07) is 0.799. The summed E-state index contributed by atoms with van der Waals surface area (Å²) in [4.78, 5) is 4.87. The lowest BCUT2D eigenvalue weighted by Gasteiger charge is -2.39. The topological polar surface area (TPSA) is 36.3 Å². The maximum atomic E-state index is 6.39. The zero-order valence-corrected chi connectivity index (χ0v) is 14.4. The highest BCUT2D eigenvalue weighted by atomic mass is 35.5. The van der Waals surface area contributed by atoms with Crippen LogP contribution in [0.2, 0.25) is 5.02 Å². The fourth-order valence-electron chi connectivity index (χ4n) is 3.14. The number of aryl methyl sites for hydroxylation is 1. The van der Waals surface area contributed by atoms with Crippen LogP contribution in [0.3, 0.4) is 0 Å². The van der Waals surface area contributed by atoms with Crippen molar-refractivity contribution in [3.05, 3.63) is 16.9 Å². The van der Waals surface area contributed by atoms with E-state index in [2.05, 4.69) is 48.2 Å². The maximum Gasteiger partial charge on any atom is 0.0834 e. The molecule has 0 saturated carbocycles. The van der Waals surface area contributed by atoms with Gasteiger partial charge in [-0.25, -0.2) is 0 Å². The molecule has 1 fully saturated rings. The molecular weight excluding hydrogens is 286 g/mol. The Labute approximate surface area is 133 Å². The van der Waals surface area contributed by atoms with Crippen LogP contribution in [0.15, 0.2) is 6.20 Å². The van der Waals surface area contributed by atoms with Crippen molar-refractivity contribution in [3.8, 4) is 0 Å². The normalized spacial score (nSPS) is 22.6. The van der Waals surface area contributed by atoms with Gasteiger partial charge in [0, 0.05) is 32.2 Å². The number of piperazine rings is 1. The second-order valence-corrected chi connectivity index (χ2v) is 6.34. The number of nitrogens with one attached hydrogen (secondary N) is 1. The zero-order chi connectivity index (χ0) is 15.4.